The molecule has 3 rings (SSSR count). The van der Waals surface area contributed by atoms with E-state index >= 15 is 0 Å². The van der Waals surface area contributed by atoms with Crippen LogP contribution < -0.4 is 14.2 Å². The minimum atomic E-state index is -3.51. The number of sulfonamides is 1. The summed E-state index contributed by atoms with van der Waals surface area (Å²) in [5, 5.41) is 0. The first kappa shape index (κ1) is 15.6. The number of rotatable bonds is 4. The fraction of sp³-hybridized carbons (Fsp3) is 0.600. The Morgan fingerprint density at radius 2 is 1.86 bits per heavy atom. The van der Waals surface area contributed by atoms with E-state index in [1.54, 1.807) is 12.1 Å². The fourth-order valence-corrected chi connectivity index (χ4v) is 3.90. The molecule has 0 aliphatic carbocycles. The topological polar surface area (TPSA) is 67.9 Å². The van der Waals surface area contributed by atoms with Crippen molar-refractivity contribution < 1.29 is 17.9 Å². The van der Waals surface area contributed by atoms with Gasteiger partial charge in [0.25, 0.3) is 0 Å². The lowest BCUT2D eigenvalue weighted by Gasteiger charge is -2.28. The van der Waals surface area contributed by atoms with Crippen LogP contribution in [0.1, 0.15) is 12.8 Å². The molecule has 0 spiro atoms. The molecule has 22 heavy (non-hydrogen) atoms. The normalized spacial score (nSPS) is 20.0. The van der Waals surface area contributed by atoms with Crippen molar-refractivity contribution in [2.45, 2.75) is 17.7 Å². The zero-order valence-electron chi connectivity index (χ0n) is 12.7. The Kier molecular flexibility index (Phi) is 4.56. The molecule has 2 aliphatic rings. The summed E-state index contributed by atoms with van der Waals surface area (Å²) in [7, 11) is -1.41. The highest BCUT2D eigenvalue weighted by Crippen LogP contribution is 2.32. The maximum atomic E-state index is 12.4. The van der Waals surface area contributed by atoms with E-state index in [-0.39, 0.29) is 4.90 Å². The molecule has 1 fully saturated rings. The summed E-state index contributed by atoms with van der Waals surface area (Å²) >= 11 is 0. The molecule has 2 heterocycles. The van der Waals surface area contributed by atoms with E-state index in [4.69, 9.17) is 9.47 Å². The Bertz CT molecular complexity index is 624. The molecule has 2 aliphatic heterocycles. The van der Waals surface area contributed by atoms with E-state index in [2.05, 4.69) is 16.7 Å². The monoisotopic (exact) mass is 326 g/mol. The van der Waals surface area contributed by atoms with E-state index in [0.717, 1.165) is 25.9 Å². The van der Waals surface area contributed by atoms with Crippen LogP contribution in [-0.2, 0) is 10.0 Å². The smallest absolute Gasteiger partial charge is 0.240 e. The Morgan fingerprint density at radius 3 is 2.59 bits per heavy atom. The van der Waals surface area contributed by atoms with Crippen LogP contribution in [0.2, 0.25) is 0 Å². The molecule has 1 aromatic carbocycles. The van der Waals surface area contributed by atoms with Crippen molar-refractivity contribution in [1.82, 2.24) is 9.62 Å². The predicted molar refractivity (Wildman–Crippen MR) is 82.8 cm³/mol. The molecule has 122 valence electrons. The van der Waals surface area contributed by atoms with Gasteiger partial charge in [-0.1, -0.05) is 0 Å². The largest absolute Gasteiger partial charge is 0.486 e. The maximum Gasteiger partial charge on any atom is 0.240 e. The van der Waals surface area contributed by atoms with E-state index in [1.807, 2.05) is 0 Å². The standard InChI is InChI=1S/C15H22N2O4S/c1-17-6-4-12(5-7-17)11-16-22(18,19)13-2-3-14-15(10-13)21-9-8-20-14/h2-3,10,12,16H,4-9,11H2,1H3. The summed E-state index contributed by atoms with van der Waals surface area (Å²) in [6.07, 6.45) is 2.06. The minimum Gasteiger partial charge on any atom is -0.486 e. The molecule has 0 radical (unpaired) electrons. The van der Waals surface area contributed by atoms with Gasteiger partial charge in [0.2, 0.25) is 10.0 Å². The first-order valence-electron chi connectivity index (χ1n) is 7.62. The van der Waals surface area contributed by atoms with Crippen LogP contribution in [0.3, 0.4) is 0 Å². The van der Waals surface area contributed by atoms with Crippen molar-refractivity contribution >= 4 is 10.0 Å². The third kappa shape index (κ3) is 3.53. The highest BCUT2D eigenvalue weighted by molar-refractivity contribution is 7.89. The highest BCUT2D eigenvalue weighted by atomic mass is 32.2. The molecule has 0 bridgehead atoms. The Labute approximate surface area is 131 Å². The van der Waals surface area contributed by atoms with Gasteiger partial charge in [-0.05, 0) is 51.0 Å². The second-order valence-corrected chi connectivity index (χ2v) is 7.67. The van der Waals surface area contributed by atoms with E-state index < -0.39 is 10.0 Å². The lowest BCUT2D eigenvalue weighted by atomic mass is 9.98. The van der Waals surface area contributed by atoms with Crippen LogP contribution in [-0.4, -0.2) is 53.2 Å². The summed E-state index contributed by atoms with van der Waals surface area (Å²) in [6, 6.07) is 4.74. The zero-order valence-corrected chi connectivity index (χ0v) is 13.6. The summed E-state index contributed by atoms with van der Waals surface area (Å²) in [4.78, 5) is 2.50. The molecule has 0 atom stereocenters. The van der Waals surface area contributed by atoms with Gasteiger partial charge in [0.15, 0.2) is 11.5 Å². The van der Waals surface area contributed by atoms with Crippen LogP contribution >= 0.6 is 0 Å². The molecule has 1 N–H and O–H groups in total. The quantitative estimate of drug-likeness (QED) is 0.897. The van der Waals surface area contributed by atoms with E-state index in [9.17, 15) is 8.42 Å². The van der Waals surface area contributed by atoms with Gasteiger partial charge in [-0.15, -0.1) is 0 Å². The van der Waals surface area contributed by atoms with Crippen molar-refractivity contribution in [2.24, 2.45) is 5.92 Å². The third-order valence-corrected chi connectivity index (χ3v) is 5.65. The average molecular weight is 326 g/mol. The maximum absolute atomic E-state index is 12.4. The summed E-state index contributed by atoms with van der Waals surface area (Å²) in [6.45, 7) is 3.48. The lowest BCUT2D eigenvalue weighted by molar-refractivity contribution is 0.171. The molecule has 0 aromatic heterocycles. The SMILES string of the molecule is CN1CCC(CNS(=O)(=O)c2ccc3c(c2)OCCO3)CC1. The van der Waals surface area contributed by atoms with E-state index in [1.165, 1.54) is 6.07 Å². The molecule has 0 unspecified atom stereocenters. The van der Waals surface area contributed by atoms with Crippen molar-refractivity contribution in [1.29, 1.82) is 0 Å². The number of hydrogen-bond donors (Lipinski definition) is 1. The lowest BCUT2D eigenvalue weighted by Crippen LogP contribution is -2.36. The molecular formula is C15H22N2O4S. The van der Waals surface area contributed by atoms with Crippen LogP contribution in [0.15, 0.2) is 23.1 Å². The second kappa shape index (κ2) is 6.44. The predicted octanol–water partition coefficient (Wildman–Crippen LogP) is 1.08. The van der Waals surface area contributed by atoms with Gasteiger partial charge in [0.05, 0.1) is 4.90 Å². The molecule has 1 aromatic rings. The third-order valence-electron chi connectivity index (χ3n) is 4.22. The van der Waals surface area contributed by atoms with Crippen molar-refractivity contribution in [2.75, 3.05) is 39.9 Å². The van der Waals surface area contributed by atoms with Gasteiger partial charge in [0, 0.05) is 12.6 Å². The molecule has 7 heteroatoms. The van der Waals surface area contributed by atoms with Crippen LogP contribution in [0, 0.1) is 5.92 Å². The molecule has 6 nitrogen and oxygen atoms in total. The summed E-state index contributed by atoms with van der Waals surface area (Å²) in [5.41, 5.74) is 0. The second-order valence-electron chi connectivity index (χ2n) is 5.90. The number of nitrogens with zero attached hydrogens (tertiary/aromatic N) is 1. The molecule has 0 saturated carbocycles. The van der Waals surface area contributed by atoms with E-state index in [0.29, 0.717) is 37.2 Å². The average Bonchev–Trinajstić information content (AvgIpc) is 2.54. The van der Waals surface area contributed by atoms with Crippen molar-refractivity contribution in [3.8, 4) is 11.5 Å². The van der Waals surface area contributed by atoms with Gasteiger partial charge >= 0.3 is 0 Å². The van der Waals surface area contributed by atoms with Crippen molar-refractivity contribution in [3.63, 3.8) is 0 Å². The number of hydrogen-bond acceptors (Lipinski definition) is 5. The number of nitrogens with one attached hydrogen (secondary N) is 1. The number of ether oxygens (including phenoxy) is 2. The molecular weight excluding hydrogens is 304 g/mol. The fourth-order valence-electron chi connectivity index (χ4n) is 2.77. The number of likely N-dealkylation sites (tertiary alicyclic amines) is 1. The Hall–Kier alpha value is -1.31. The number of benzene rings is 1. The first-order valence-corrected chi connectivity index (χ1v) is 9.11. The minimum absolute atomic E-state index is 0.227. The van der Waals surface area contributed by atoms with Gasteiger partial charge in [-0.2, -0.15) is 0 Å². The van der Waals surface area contributed by atoms with Crippen molar-refractivity contribution in [3.05, 3.63) is 18.2 Å². The number of piperidine rings is 1. The van der Waals surface area contributed by atoms with Gasteiger partial charge in [-0.25, -0.2) is 13.1 Å². The first-order chi connectivity index (χ1) is 10.5. The van der Waals surface area contributed by atoms with Crippen LogP contribution in [0.5, 0.6) is 11.5 Å². The zero-order chi connectivity index (χ0) is 15.6. The number of fused-ring (bicyclic) bond motifs is 1. The Balaban J connectivity index is 1.65. The van der Waals surface area contributed by atoms with Crippen LogP contribution in [0.4, 0.5) is 0 Å². The summed E-state index contributed by atoms with van der Waals surface area (Å²) < 4.78 is 38.4. The summed E-state index contributed by atoms with van der Waals surface area (Å²) in [5.74, 6) is 1.50. The van der Waals surface area contributed by atoms with Crippen LogP contribution in [0.25, 0.3) is 0 Å². The van der Waals surface area contributed by atoms with Gasteiger partial charge < -0.3 is 14.4 Å². The highest BCUT2D eigenvalue weighted by Gasteiger charge is 2.22. The van der Waals surface area contributed by atoms with Gasteiger partial charge in [0.1, 0.15) is 13.2 Å². The van der Waals surface area contributed by atoms with Gasteiger partial charge in [-0.3, -0.25) is 0 Å². The molecule has 1 saturated heterocycles. The molecule has 0 amide bonds. The Morgan fingerprint density at radius 1 is 1.18 bits per heavy atom.